The number of hydrogen-bond donors (Lipinski definition) is 0. The number of para-hydroxylation sites is 1. The number of carbonyl (C=O) groups excluding carboxylic acids is 1. The molecule has 2 aromatic heterocycles. The molecule has 0 fully saturated rings. The van der Waals surface area contributed by atoms with Crippen LogP contribution >= 0.6 is 27.3 Å². The first-order chi connectivity index (χ1) is 14.9. The predicted molar refractivity (Wildman–Crippen MR) is 124 cm³/mol. The molecule has 4 aromatic rings. The summed E-state index contributed by atoms with van der Waals surface area (Å²) < 4.78 is 6.86. The number of nitrogens with zero attached hydrogens (tertiary/aromatic N) is 3. The van der Waals surface area contributed by atoms with Crippen molar-refractivity contribution in [3.8, 4) is 0 Å². The van der Waals surface area contributed by atoms with Crippen LogP contribution in [0.3, 0.4) is 0 Å². The van der Waals surface area contributed by atoms with Crippen LogP contribution in [-0.4, -0.2) is 16.1 Å². The van der Waals surface area contributed by atoms with E-state index in [0.29, 0.717) is 27.6 Å². The van der Waals surface area contributed by atoms with E-state index in [2.05, 4.69) is 40.0 Å². The van der Waals surface area contributed by atoms with E-state index < -0.39 is 6.04 Å². The summed E-state index contributed by atoms with van der Waals surface area (Å²) in [5.41, 5.74) is 1.34. The SMILES string of the molecule is CC(C)Cc1nnc(N2C(=O)c3oc4ccccc4c(=O)c3[C@@H]2c2ccc(Br)cc2)s1. The third kappa shape index (κ3) is 3.40. The molecule has 31 heavy (non-hydrogen) atoms. The molecule has 1 aliphatic heterocycles. The van der Waals surface area contributed by atoms with Crippen molar-refractivity contribution in [1.82, 2.24) is 10.2 Å². The van der Waals surface area contributed by atoms with Gasteiger partial charge in [0.15, 0.2) is 5.43 Å². The maximum atomic E-state index is 13.5. The van der Waals surface area contributed by atoms with Gasteiger partial charge in [-0.2, -0.15) is 0 Å². The van der Waals surface area contributed by atoms with Gasteiger partial charge in [0.25, 0.3) is 5.91 Å². The molecular weight excluding hydrogens is 478 g/mol. The van der Waals surface area contributed by atoms with E-state index in [1.54, 1.807) is 29.2 Å². The van der Waals surface area contributed by atoms with Crippen LogP contribution in [0.1, 0.15) is 46.6 Å². The minimum atomic E-state index is -0.628. The zero-order valence-electron chi connectivity index (χ0n) is 16.8. The Morgan fingerprint density at radius 3 is 2.58 bits per heavy atom. The number of carbonyl (C=O) groups is 1. The smallest absolute Gasteiger partial charge is 0.297 e. The van der Waals surface area contributed by atoms with Crippen molar-refractivity contribution in [2.24, 2.45) is 5.92 Å². The van der Waals surface area contributed by atoms with Crippen molar-refractivity contribution < 1.29 is 9.21 Å². The number of rotatable bonds is 4. The second kappa shape index (κ2) is 7.69. The molecule has 5 rings (SSSR count). The van der Waals surface area contributed by atoms with Crippen molar-refractivity contribution in [1.29, 1.82) is 0 Å². The van der Waals surface area contributed by atoms with Crippen molar-refractivity contribution >= 4 is 49.3 Å². The topological polar surface area (TPSA) is 76.3 Å². The van der Waals surface area contributed by atoms with Crippen LogP contribution < -0.4 is 10.3 Å². The summed E-state index contributed by atoms with van der Waals surface area (Å²) >= 11 is 4.82. The Hall–Kier alpha value is -2.84. The Morgan fingerprint density at radius 2 is 1.84 bits per heavy atom. The summed E-state index contributed by atoms with van der Waals surface area (Å²) in [6, 6.07) is 13.9. The van der Waals surface area contributed by atoms with Gasteiger partial charge in [0, 0.05) is 10.9 Å². The molecule has 0 N–H and O–H groups in total. The van der Waals surface area contributed by atoms with E-state index >= 15 is 0 Å². The lowest BCUT2D eigenvalue weighted by Crippen LogP contribution is -2.29. The molecule has 1 aliphatic rings. The molecule has 156 valence electrons. The molecule has 1 amide bonds. The van der Waals surface area contributed by atoms with Crippen molar-refractivity contribution in [3.63, 3.8) is 0 Å². The third-order valence-corrected chi connectivity index (χ3v) is 6.68. The van der Waals surface area contributed by atoms with E-state index in [0.717, 1.165) is 21.5 Å². The number of fused-ring (bicyclic) bond motifs is 2. The molecule has 0 saturated carbocycles. The Labute approximate surface area is 190 Å². The molecule has 0 unspecified atom stereocenters. The summed E-state index contributed by atoms with van der Waals surface area (Å²) in [5, 5.41) is 10.3. The molecule has 0 bridgehead atoms. The normalized spacial score (nSPS) is 15.8. The Morgan fingerprint density at radius 1 is 1.10 bits per heavy atom. The van der Waals surface area contributed by atoms with Crippen LogP contribution in [0.25, 0.3) is 11.0 Å². The van der Waals surface area contributed by atoms with Gasteiger partial charge < -0.3 is 4.42 Å². The molecule has 0 radical (unpaired) electrons. The second-order valence-corrected chi connectivity index (χ2v) is 9.83. The van der Waals surface area contributed by atoms with Crippen LogP contribution in [0.2, 0.25) is 0 Å². The molecule has 6 nitrogen and oxygen atoms in total. The van der Waals surface area contributed by atoms with Gasteiger partial charge in [0.1, 0.15) is 10.6 Å². The summed E-state index contributed by atoms with van der Waals surface area (Å²) in [6.45, 7) is 4.22. The lowest BCUT2D eigenvalue weighted by atomic mass is 9.99. The van der Waals surface area contributed by atoms with Crippen LogP contribution in [0.4, 0.5) is 5.13 Å². The van der Waals surface area contributed by atoms with Crippen molar-refractivity contribution in [3.05, 3.63) is 85.1 Å². The van der Waals surface area contributed by atoms with Gasteiger partial charge >= 0.3 is 0 Å². The minimum absolute atomic E-state index is 0.0669. The predicted octanol–water partition coefficient (Wildman–Crippen LogP) is 5.36. The summed E-state index contributed by atoms with van der Waals surface area (Å²) in [4.78, 5) is 28.5. The Balaban J connectivity index is 1.73. The average Bonchev–Trinajstić information content (AvgIpc) is 3.31. The van der Waals surface area contributed by atoms with Gasteiger partial charge in [-0.3, -0.25) is 14.5 Å². The van der Waals surface area contributed by atoms with Gasteiger partial charge in [-0.1, -0.05) is 65.4 Å². The molecule has 0 spiro atoms. The lowest BCUT2D eigenvalue weighted by molar-refractivity contribution is 0.0970. The fraction of sp³-hybridized carbons (Fsp3) is 0.217. The fourth-order valence-electron chi connectivity index (χ4n) is 3.85. The number of benzene rings is 2. The number of amides is 1. The largest absolute Gasteiger partial charge is 0.450 e. The maximum Gasteiger partial charge on any atom is 0.297 e. The standard InChI is InChI=1S/C23H18BrN3O3S/c1-12(2)11-17-25-26-23(31-17)27-19(13-7-9-14(24)10-8-13)18-20(28)15-5-3-4-6-16(15)30-21(18)22(27)29/h3-10,12,19H,11H2,1-2H3/t19-/m0/s1. The number of hydrogen-bond acceptors (Lipinski definition) is 6. The van der Waals surface area contributed by atoms with Crippen LogP contribution in [0, 0.1) is 5.92 Å². The van der Waals surface area contributed by atoms with Crippen LogP contribution in [0.15, 0.2) is 62.2 Å². The Bertz CT molecular complexity index is 1360. The van der Waals surface area contributed by atoms with Gasteiger partial charge in [-0.25, -0.2) is 0 Å². The summed E-state index contributed by atoms with van der Waals surface area (Å²) in [7, 11) is 0. The van der Waals surface area contributed by atoms with Gasteiger partial charge in [-0.15, -0.1) is 10.2 Å². The molecule has 0 saturated heterocycles. The van der Waals surface area contributed by atoms with Crippen LogP contribution in [0.5, 0.6) is 0 Å². The molecule has 3 heterocycles. The number of aromatic nitrogens is 2. The van der Waals surface area contributed by atoms with E-state index in [1.807, 2.05) is 24.3 Å². The first-order valence-electron chi connectivity index (χ1n) is 9.91. The third-order valence-electron chi connectivity index (χ3n) is 5.21. The lowest BCUT2D eigenvalue weighted by Gasteiger charge is -2.22. The summed E-state index contributed by atoms with van der Waals surface area (Å²) in [5.74, 6) is 0.110. The van der Waals surface area contributed by atoms with E-state index in [4.69, 9.17) is 4.42 Å². The van der Waals surface area contributed by atoms with Crippen LogP contribution in [-0.2, 0) is 6.42 Å². The first-order valence-corrected chi connectivity index (χ1v) is 11.5. The molecule has 1 atom stereocenters. The van der Waals surface area contributed by atoms with Gasteiger partial charge in [0.2, 0.25) is 10.9 Å². The average molecular weight is 496 g/mol. The van der Waals surface area contributed by atoms with Gasteiger partial charge in [0.05, 0.1) is 17.0 Å². The quantitative estimate of drug-likeness (QED) is 0.381. The highest BCUT2D eigenvalue weighted by Gasteiger charge is 2.45. The zero-order chi connectivity index (χ0) is 21.7. The molecular formula is C23H18BrN3O3S. The molecule has 2 aromatic carbocycles. The fourth-order valence-corrected chi connectivity index (χ4v) is 5.19. The zero-order valence-corrected chi connectivity index (χ0v) is 19.2. The highest BCUT2D eigenvalue weighted by atomic mass is 79.9. The minimum Gasteiger partial charge on any atom is -0.450 e. The van der Waals surface area contributed by atoms with Crippen molar-refractivity contribution in [2.75, 3.05) is 4.90 Å². The van der Waals surface area contributed by atoms with Gasteiger partial charge in [-0.05, 0) is 35.7 Å². The molecule has 8 heteroatoms. The van der Waals surface area contributed by atoms with E-state index in [-0.39, 0.29) is 17.1 Å². The highest BCUT2D eigenvalue weighted by molar-refractivity contribution is 9.10. The van der Waals surface area contributed by atoms with Crippen molar-refractivity contribution in [2.45, 2.75) is 26.3 Å². The van der Waals surface area contributed by atoms with E-state index in [1.165, 1.54) is 11.3 Å². The summed E-state index contributed by atoms with van der Waals surface area (Å²) in [6.07, 6.45) is 0.774. The first kappa shape index (κ1) is 20.1. The monoisotopic (exact) mass is 495 g/mol. The molecule has 0 aliphatic carbocycles. The maximum absolute atomic E-state index is 13.5. The number of halogens is 1. The second-order valence-electron chi connectivity index (χ2n) is 7.88. The van der Waals surface area contributed by atoms with E-state index in [9.17, 15) is 9.59 Å². The number of anilines is 1. The highest BCUT2D eigenvalue weighted by Crippen LogP contribution is 2.42. The Kier molecular flexibility index (Phi) is 4.98.